The van der Waals surface area contributed by atoms with Crippen LogP contribution in [0.3, 0.4) is 0 Å². The normalized spacial score (nSPS) is 12.2. The molecule has 8 heteroatoms. The van der Waals surface area contributed by atoms with Crippen molar-refractivity contribution in [2.75, 3.05) is 10.8 Å². The maximum Gasteiger partial charge on any atom is 0.264 e. The predicted molar refractivity (Wildman–Crippen MR) is 156 cm³/mol. The minimum Gasteiger partial charge on any atom is -0.352 e. The van der Waals surface area contributed by atoms with Gasteiger partial charge in [-0.15, -0.1) is 0 Å². The molecule has 208 valence electrons. The fourth-order valence-electron chi connectivity index (χ4n) is 4.50. The van der Waals surface area contributed by atoms with E-state index in [1.54, 1.807) is 36.4 Å². The number of carbonyl (C=O) groups excluding carboxylic acids is 2. The summed E-state index contributed by atoms with van der Waals surface area (Å²) in [6.07, 6.45) is 0.380. The molecule has 3 aromatic rings. The smallest absolute Gasteiger partial charge is 0.264 e. The molecule has 0 heterocycles. The van der Waals surface area contributed by atoms with Crippen LogP contribution in [-0.4, -0.2) is 43.8 Å². The number of anilines is 1. The number of aryl methyl sites for hydroxylation is 3. The van der Waals surface area contributed by atoms with Gasteiger partial charge in [-0.25, -0.2) is 8.42 Å². The number of amides is 2. The van der Waals surface area contributed by atoms with E-state index in [2.05, 4.69) is 5.32 Å². The lowest BCUT2D eigenvalue weighted by Gasteiger charge is -2.34. The molecule has 0 aromatic heterocycles. The lowest BCUT2D eigenvalue weighted by molar-refractivity contribution is -0.140. The summed E-state index contributed by atoms with van der Waals surface area (Å²) in [4.78, 5) is 28.9. The Morgan fingerprint density at radius 3 is 2.13 bits per heavy atom. The Morgan fingerprint density at radius 2 is 1.54 bits per heavy atom. The van der Waals surface area contributed by atoms with Gasteiger partial charge in [0.05, 0.1) is 10.6 Å². The van der Waals surface area contributed by atoms with Crippen molar-refractivity contribution in [3.63, 3.8) is 0 Å². The van der Waals surface area contributed by atoms with Crippen LogP contribution in [0, 0.1) is 20.8 Å². The van der Waals surface area contributed by atoms with Gasteiger partial charge in [-0.05, 0) is 70.4 Å². The van der Waals surface area contributed by atoms with Gasteiger partial charge in [-0.3, -0.25) is 13.9 Å². The lowest BCUT2D eigenvalue weighted by atomic mass is 10.1. The second kappa shape index (κ2) is 12.9. The van der Waals surface area contributed by atoms with Gasteiger partial charge in [0, 0.05) is 12.6 Å². The van der Waals surface area contributed by atoms with E-state index in [0.29, 0.717) is 12.1 Å². The van der Waals surface area contributed by atoms with Crippen molar-refractivity contribution in [3.05, 3.63) is 95.1 Å². The highest BCUT2D eigenvalue weighted by atomic mass is 32.2. The van der Waals surface area contributed by atoms with Crippen molar-refractivity contribution in [1.29, 1.82) is 0 Å². The molecular formula is C31H39N3O4S. The van der Waals surface area contributed by atoms with Gasteiger partial charge >= 0.3 is 0 Å². The quantitative estimate of drug-likeness (QED) is 0.359. The maximum absolute atomic E-state index is 14.1. The van der Waals surface area contributed by atoms with Gasteiger partial charge in [0.2, 0.25) is 11.8 Å². The average Bonchev–Trinajstić information content (AvgIpc) is 2.87. The van der Waals surface area contributed by atoms with E-state index < -0.39 is 28.5 Å². The highest BCUT2D eigenvalue weighted by Gasteiger charge is 2.34. The predicted octanol–water partition coefficient (Wildman–Crippen LogP) is 5.14. The van der Waals surface area contributed by atoms with Crippen molar-refractivity contribution in [2.45, 2.75) is 71.5 Å². The molecule has 3 rings (SSSR count). The molecule has 0 aliphatic carbocycles. The van der Waals surface area contributed by atoms with Crippen molar-refractivity contribution in [1.82, 2.24) is 10.2 Å². The Kier molecular flexibility index (Phi) is 9.92. The second-order valence-corrected chi connectivity index (χ2v) is 12.1. The van der Waals surface area contributed by atoms with E-state index >= 15 is 0 Å². The molecule has 0 bridgehead atoms. The number of carbonyl (C=O) groups is 2. The molecule has 7 nitrogen and oxygen atoms in total. The van der Waals surface area contributed by atoms with Crippen LogP contribution in [0.1, 0.15) is 49.4 Å². The molecule has 1 atom stereocenters. The molecule has 1 N–H and O–H groups in total. The number of sulfonamides is 1. The van der Waals surface area contributed by atoms with Crippen LogP contribution >= 0.6 is 0 Å². The van der Waals surface area contributed by atoms with Gasteiger partial charge in [-0.2, -0.15) is 0 Å². The fraction of sp³-hybridized carbons (Fsp3) is 0.355. The van der Waals surface area contributed by atoms with E-state index in [1.807, 2.05) is 77.9 Å². The minimum atomic E-state index is -4.09. The van der Waals surface area contributed by atoms with Crippen LogP contribution < -0.4 is 9.62 Å². The van der Waals surface area contributed by atoms with E-state index in [0.717, 1.165) is 26.6 Å². The topological polar surface area (TPSA) is 86.8 Å². The SMILES string of the molecule is CC[C@@H](C(=O)NC(C)C)N(Cc1cccc(C)c1)C(=O)CN(c1ccccc1C)S(=O)(=O)c1ccc(C)cc1. The molecule has 0 aliphatic heterocycles. The van der Waals surface area contributed by atoms with Crippen LogP contribution in [-0.2, 0) is 26.2 Å². The van der Waals surface area contributed by atoms with Crippen molar-refractivity contribution >= 4 is 27.5 Å². The summed E-state index contributed by atoms with van der Waals surface area (Å²) in [6, 6.07) is 20.5. The molecule has 0 unspecified atom stereocenters. The van der Waals surface area contributed by atoms with Crippen LogP contribution in [0.4, 0.5) is 5.69 Å². The molecule has 0 radical (unpaired) electrons. The number of para-hydroxylation sites is 1. The molecule has 0 spiro atoms. The first-order valence-electron chi connectivity index (χ1n) is 13.2. The van der Waals surface area contributed by atoms with E-state index in [-0.39, 0.29) is 23.4 Å². The third-order valence-electron chi connectivity index (χ3n) is 6.52. The zero-order valence-corrected chi connectivity index (χ0v) is 24.5. The summed E-state index contributed by atoms with van der Waals surface area (Å²) < 4.78 is 29.1. The number of benzene rings is 3. The Labute approximate surface area is 232 Å². The summed E-state index contributed by atoms with van der Waals surface area (Å²) in [6.45, 7) is 11.0. The van der Waals surface area contributed by atoms with Gasteiger partial charge in [0.25, 0.3) is 10.0 Å². The molecule has 0 fully saturated rings. The Morgan fingerprint density at radius 1 is 0.872 bits per heavy atom. The summed E-state index contributed by atoms with van der Waals surface area (Å²) in [5.74, 6) is -0.724. The first kappa shape index (κ1) is 29.9. The number of hydrogen-bond donors (Lipinski definition) is 1. The number of rotatable bonds is 11. The first-order chi connectivity index (χ1) is 18.4. The monoisotopic (exact) mass is 549 g/mol. The van der Waals surface area contributed by atoms with Crippen molar-refractivity contribution in [2.24, 2.45) is 0 Å². The largest absolute Gasteiger partial charge is 0.352 e. The molecule has 0 saturated carbocycles. The number of nitrogens with one attached hydrogen (secondary N) is 1. The molecule has 39 heavy (non-hydrogen) atoms. The van der Waals surface area contributed by atoms with E-state index in [9.17, 15) is 18.0 Å². The Hall–Kier alpha value is -3.65. The summed E-state index contributed by atoms with van der Waals surface area (Å²) in [7, 11) is -4.09. The summed E-state index contributed by atoms with van der Waals surface area (Å²) in [5, 5.41) is 2.92. The second-order valence-electron chi connectivity index (χ2n) is 10.2. The maximum atomic E-state index is 14.1. The van der Waals surface area contributed by atoms with Crippen molar-refractivity contribution < 1.29 is 18.0 Å². The average molecular weight is 550 g/mol. The highest BCUT2D eigenvalue weighted by molar-refractivity contribution is 7.92. The molecule has 0 saturated heterocycles. The zero-order valence-electron chi connectivity index (χ0n) is 23.6. The van der Waals surface area contributed by atoms with Crippen LogP contribution in [0.5, 0.6) is 0 Å². The van der Waals surface area contributed by atoms with Gasteiger partial charge < -0.3 is 10.2 Å². The van der Waals surface area contributed by atoms with Crippen LogP contribution in [0.15, 0.2) is 77.7 Å². The fourth-order valence-corrected chi connectivity index (χ4v) is 5.98. The molecular weight excluding hydrogens is 510 g/mol. The van der Waals surface area contributed by atoms with Gasteiger partial charge in [-0.1, -0.05) is 72.6 Å². The Bertz CT molecular complexity index is 1400. The molecule has 3 aromatic carbocycles. The summed E-state index contributed by atoms with van der Waals surface area (Å²) >= 11 is 0. The van der Waals surface area contributed by atoms with E-state index in [1.165, 1.54) is 4.90 Å². The van der Waals surface area contributed by atoms with Crippen LogP contribution in [0.2, 0.25) is 0 Å². The summed E-state index contributed by atoms with van der Waals surface area (Å²) in [5.41, 5.74) is 3.96. The zero-order chi connectivity index (χ0) is 28.7. The molecule has 0 aliphatic rings. The third-order valence-corrected chi connectivity index (χ3v) is 8.30. The van der Waals surface area contributed by atoms with Crippen molar-refractivity contribution in [3.8, 4) is 0 Å². The third kappa shape index (κ3) is 7.47. The minimum absolute atomic E-state index is 0.0963. The van der Waals surface area contributed by atoms with Gasteiger partial charge in [0.1, 0.15) is 12.6 Å². The standard InChI is InChI=1S/C31H39N3O4S/c1-7-28(31(36)32-22(2)3)33(20-26-13-10-11-24(5)19-26)30(35)21-34(29-14-9-8-12-25(29)6)39(37,38)27-17-15-23(4)16-18-27/h8-19,22,28H,7,20-21H2,1-6H3,(H,32,36)/t28-/m0/s1. The Balaban J connectivity index is 2.08. The molecule has 2 amide bonds. The van der Waals surface area contributed by atoms with Crippen LogP contribution in [0.25, 0.3) is 0 Å². The highest BCUT2D eigenvalue weighted by Crippen LogP contribution is 2.27. The first-order valence-corrected chi connectivity index (χ1v) is 14.7. The van der Waals surface area contributed by atoms with Gasteiger partial charge in [0.15, 0.2) is 0 Å². The lowest BCUT2D eigenvalue weighted by Crippen LogP contribution is -2.53. The number of nitrogens with zero attached hydrogens (tertiary/aromatic N) is 2. The number of hydrogen-bond acceptors (Lipinski definition) is 4. The van der Waals surface area contributed by atoms with E-state index in [4.69, 9.17) is 0 Å².